The van der Waals surface area contributed by atoms with Gasteiger partial charge in [0, 0.05) is 12.8 Å². The number of hydrogen-bond acceptors (Lipinski definition) is 6. The third-order valence-electron chi connectivity index (χ3n) is 8.60. The minimum Gasteiger partial charge on any atom is -0.459 e. The largest absolute Gasteiger partial charge is 0.459 e. The second kappa shape index (κ2) is 34.5. The number of allylic oxidation sites excluding steroid dienone is 8. The van der Waals surface area contributed by atoms with Crippen molar-refractivity contribution in [3.63, 3.8) is 0 Å². The highest BCUT2D eigenvalue weighted by molar-refractivity contribution is 5.69. The van der Waals surface area contributed by atoms with Gasteiger partial charge in [0.1, 0.15) is 13.2 Å². The lowest BCUT2D eigenvalue weighted by Gasteiger charge is -2.10. The van der Waals surface area contributed by atoms with E-state index in [4.69, 9.17) is 9.47 Å². The zero-order valence-corrected chi connectivity index (χ0v) is 31.9. The smallest absolute Gasteiger partial charge is 0.306 e. The molecule has 282 valence electrons. The van der Waals surface area contributed by atoms with Gasteiger partial charge in [0.25, 0.3) is 0 Å². The van der Waals surface area contributed by atoms with E-state index in [1.165, 1.54) is 77.0 Å². The van der Waals surface area contributed by atoms with E-state index in [-0.39, 0.29) is 31.8 Å². The number of aromatic nitrogens is 1. The quantitative estimate of drug-likeness (QED) is 0.0448. The second-order valence-corrected chi connectivity index (χ2v) is 13.4. The van der Waals surface area contributed by atoms with Crippen LogP contribution in [-0.4, -0.2) is 22.0 Å². The molecule has 0 bridgehead atoms. The van der Waals surface area contributed by atoms with Crippen molar-refractivity contribution in [2.45, 2.75) is 188 Å². The van der Waals surface area contributed by atoms with Crippen LogP contribution < -0.4 is 0 Å². The van der Waals surface area contributed by atoms with Crippen LogP contribution >= 0.6 is 0 Å². The van der Waals surface area contributed by atoms with Crippen LogP contribution in [0.3, 0.4) is 0 Å². The van der Waals surface area contributed by atoms with E-state index in [2.05, 4.69) is 67.4 Å². The molecule has 0 aromatic carbocycles. The van der Waals surface area contributed by atoms with Crippen LogP contribution in [0.15, 0.2) is 60.7 Å². The zero-order chi connectivity index (χ0) is 36.2. The fraction of sp³-hybridized carbons (Fsp3) is 0.659. The predicted molar refractivity (Wildman–Crippen MR) is 208 cm³/mol. The Morgan fingerprint density at radius 2 is 0.900 bits per heavy atom. The average Bonchev–Trinajstić information content (AvgIpc) is 3.13. The van der Waals surface area contributed by atoms with Gasteiger partial charge < -0.3 is 14.6 Å². The van der Waals surface area contributed by atoms with Crippen molar-refractivity contribution in [2.24, 2.45) is 0 Å². The Balaban J connectivity index is 2.13. The van der Waals surface area contributed by atoms with E-state index in [9.17, 15) is 14.7 Å². The van der Waals surface area contributed by atoms with Gasteiger partial charge in [0.05, 0.1) is 18.0 Å². The molecule has 0 aliphatic carbocycles. The molecule has 0 fully saturated rings. The van der Waals surface area contributed by atoms with Crippen molar-refractivity contribution in [1.29, 1.82) is 0 Å². The van der Waals surface area contributed by atoms with E-state index in [0.29, 0.717) is 29.8 Å². The monoisotopic (exact) mass is 694 g/mol. The van der Waals surface area contributed by atoms with Crippen molar-refractivity contribution in [1.82, 2.24) is 4.98 Å². The van der Waals surface area contributed by atoms with Gasteiger partial charge in [-0.2, -0.15) is 0 Å². The number of unbranched alkanes of at least 4 members (excludes halogenated alkanes) is 16. The molecule has 0 aliphatic rings. The topological polar surface area (TPSA) is 85.7 Å². The summed E-state index contributed by atoms with van der Waals surface area (Å²) in [5.41, 5.74) is 1.74. The highest BCUT2D eigenvalue weighted by Crippen LogP contribution is 2.13. The van der Waals surface area contributed by atoms with E-state index in [1.54, 1.807) is 12.1 Å². The number of ether oxygens (including phenoxy) is 2. The molecule has 0 amide bonds. The van der Waals surface area contributed by atoms with Gasteiger partial charge in [-0.25, -0.2) is 0 Å². The first-order valence-electron chi connectivity index (χ1n) is 20.1. The summed E-state index contributed by atoms with van der Waals surface area (Å²) in [5.74, 6) is -0.477. The molecule has 1 rings (SSSR count). The SMILES string of the molecule is CCCCC/C=C\C/C=C\CCCCCCCC(=O)OCc1cc(CO)cc(COC(=O)CCCCCCC/C=C\C/C=C\CCCCC)n1. The third-order valence-corrected chi connectivity index (χ3v) is 8.60. The Kier molecular flexibility index (Phi) is 31.0. The number of esters is 2. The minimum absolute atomic E-state index is 0.0415. The summed E-state index contributed by atoms with van der Waals surface area (Å²) in [6.07, 6.45) is 44.0. The normalized spacial score (nSPS) is 11.9. The summed E-state index contributed by atoms with van der Waals surface area (Å²) in [6, 6.07) is 3.44. The summed E-state index contributed by atoms with van der Waals surface area (Å²) < 4.78 is 10.9. The maximum Gasteiger partial charge on any atom is 0.306 e. The van der Waals surface area contributed by atoms with Gasteiger partial charge in [-0.1, -0.05) is 127 Å². The molecule has 0 unspecified atom stereocenters. The molecule has 1 aromatic rings. The average molecular weight is 694 g/mol. The third kappa shape index (κ3) is 28.8. The number of pyridine rings is 1. The molecule has 6 nitrogen and oxygen atoms in total. The molecule has 0 saturated carbocycles. The Hall–Kier alpha value is -2.99. The van der Waals surface area contributed by atoms with Crippen molar-refractivity contribution in [3.05, 3.63) is 77.7 Å². The van der Waals surface area contributed by atoms with Crippen LogP contribution in [0.5, 0.6) is 0 Å². The first-order chi connectivity index (χ1) is 24.6. The van der Waals surface area contributed by atoms with E-state index in [1.807, 2.05) is 0 Å². The van der Waals surface area contributed by atoms with Gasteiger partial charge >= 0.3 is 11.9 Å². The molecular weight excluding hydrogens is 622 g/mol. The molecule has 0 atom stereocenters. The Morgan fingerprint density at radius 1 is 0.540 bits per heavy atom. The first kappa shape index (κ1) is 45.0. The van der Waals surface area contributed by atoms with Crippen molar-refractivity contribution < 1.29 is 24.2 Å². The fourth-order valence-electron chi connectivity index (χ4n) is 5.57. The zero-order valence-electron chi connectivity index (χ0n) is 31.9. The number of aliphatic hydroxyl groups is 1. The lowest BCUT2D eigenvalue weighted by Crippen LogP contribution is -2.09. The Bertz CT molecular complexity index is 1010. The number of aliphatic hydroxyl groups excluding tert-OH is 1. The lowest BCUT2D eigenvalue weighted by molar-refractivity contribution is -0.145. The molecule has 1 N–H and O–H groups in total. The van der Waals surface area contributed by atoms with Gasteiger partial charge in [0.15, 0.2) is 0 Å². The highest BCUT2D eigenvalue weighted by atomic mass is 16.5. The van der Waals surface area contributed by atoms with Crippen LogP contribution in [0.4, 0.5) is 0 Å². The summed E-state index contributed by atoms with van der Waals surface area (Å²) in [4.78, 5) is 29.1. The molecule has 1 heterocycles. The first-order valence-corrected chi connectivity index (χ1v) is 20.1. The fourth-order valence-corrected chi connectivity index (χ4v) is 5.57. The maximum atomic E-state index is 12.3. The van der Waals surface area contributed by atoms with Crippen LogP contribution in [0.1, 0.15) is 185 Å². The summed E-state index contributed by atoms with van der Waals surface area (Å²) >= 11 is 0. The molecule has 6 heteroatoms. The van der Waals surface area contributed by atoms with Crippen molar-refractivity contribution >= 4 is 11.9 Å². The van der Waals surface area contributed by atoms with Crippen LogP contribution in [0, 0.1) is 0 Å². The number of carbonyl (C=O) groups is 2. The van der Waals surface area contributed by atoms with Gasteiger partial charge in [0.2, 0.25) is 0 Å². The number of hydrogen-bond donors (Lipinski definition) is 1. The Morgan fingerprint density at radius 3 is 1.28 bits per heavy atom. The van der Waals surface area contributed by atoms with E-state index in [0.717, 1.165) is 64.2 Å². The van der Waals surface area contributed by atoms with Crippen molar-refractivity contribution in [3.8, 4) is 0 Å². The molecular formula is C44H71NO5. The van der Waals surface area contributed by atoms with Crippen molar-refractivity contribution in [2.75, 3.05) is 0 Å². The predicted octanol–water partition coefficient (Wildman–Crippen LogP) is 12.3. The van der Waals surface area contributed by atoms with Crippen LogP contribution in [0.25, 0.3) is 0 Å². The highest BCUT2D eigenvalue weighted by Gasteiger charge is 2.09. The number of rotatable bonds is 33. The molecule has 50 heavy (non-hydrogen) atoms. The van der Waals surface area contributed by atoms with Crippen LogP contribution in [0.2, 0.25) is 0 Å². The maximum absolute atomic E-state index is 12.3. The molecule has 1 aromatic heterocycles. The van der Waals surface area contributed by atoms with Crippen LogP contribution in [-0.2, 0) is 38.9 Å². The molecule has 0 aliphatic heterocycles. The summed E-state index contributed by atoms with van der Waals surface area (Å²) in [6.45, 7) is 4.39. The van der Waals surface area contributed by atoms with Gasteiger partial charge in [-0.05, 0) is 94.7 Å². The van der Waals surface area contributed by atoms with Gasteiger partial charge in [-0.3, -0.25) is 14.6 Å². The number of nitrogens with zero attached hydrogens (tertiary/aromatic N) is 1. The minimum atomic E-state index is -0.239. The summed E-state index contributed by atoms with van der Waals surface area (Å²) in [7, 11) is 0. The second-order valence-electron chi connectivity index (χ2n) is 13.4. The van der Waals surface area contributed by atoms with E-state index < -0.39 is 0 Å². The Labute approximate surface area is 305 Å². The van der Waals surface area contributed by atoms with Gasteiger partial charge in [-0.15, -0.1) is 0 Å². The lowest BCUT2D eigenvalue weighted by atomic mass is 10.1. The molecule has 0 radical (unpaired) electrons. The standard InChI is InChI=1S/C44H71NO5/c1-3-5-7-9-11-13-15-17-19-21-23-25-27-29-31-33-43(47)49-38-41-35-40(37-46)36-42(45-41)39-50-44(48)34-32-30-28-26-24-22-20-18-16-14-12-10-8-6-4-2/h11-14,17-20,35-36,46H,3-10,15-16,21-34,37-39H2,1-2H3/b13-11-,14-12-,19-17-,20-18-. The summed E-state index contributed by atoms with van der Waals surface area (Å²) in [5, 5.41) is 9.69. The molecule has 0 saturated heterocycles. The molecule has 0 spiro atoms. The van der Waals surface area contributed by atoms with E-state index >= 15 is 0 Å². The number of carbonyl (C=O) groups excluding carboxylic acids is 2.